The van der Waals surface area contributed by atoms with Gasteiger partial charge in [0.25, 0.3) is 0 Å². The Morgan fingerprint density at radius 1 is 0.968 bits per heavy atom. The van der Waals surface area contributed by atoms with Crippen molar-refractivity contribution in [2.24, 2.45) is 0 Å². The molecule has 4 N–H and O–H groups in total. The molecule has 0 unspecified atom stereocenters. The number of rotatable bonds is 3. The van der Waals surface area contributed by atoms with Gasteiger partial charge in [-0.3, -0.25) is 9.78 Å². The summed E-state index contributed by atoms with van der Waals surface area (Å²) in [6.45, 7) is 1.74. The predicted octanol–water partition coefficient (Wildman–Crippen LogP) is 3.21. The van der Waals surface area contributed by atoms with Crippen molar-refractivity contribution in [2.75, 3.05) is 0 Å². The second kappa shape index (κ2) is 7.38. The number of carbonyl (C=O) groups is 1. The number of benzene rings is 2. The first kappa shape index (κ1) is 19.8. The molecule has 0 radical (unpaired) electrons. The summed E-state index contributed by atoms with van der Waals surface area (Å²) in [7, 11) is 0. The zero-order chi connectivity index (χ0) is 22.3. The molecule has 2 aromatic heterocycles. The van der Waals surface area contributed by atoms with Crippen LogP contribution in [0.5, 0.6) is 28.7 Å². The number of hydrogen-bond acceptors (Lipinski definition) is 9. The van der Waals surface area contributed by atoms with Crippen LogP contribution in [0.25, 0.3) is 22.3 Å². The average molecular weight is 421 g/mol. The number of esters is 1. The predicted molar refractivity (Wildman–Crippen MR) is 109 cm³/mol. The van der Waals surface area contributed by atoms with E-state index >= 15 is 0 Å². The number of aryl methyl sites for hydroxylation is 1. The van der Waals surface area contributed by atoms with E-state index in [0.717, 1.165) is 24.3 Å². The highest BCUT2D eigenvalue weighted by Crippen LogP contribution is 2.38. The van der Waals surface area contributed by atoms with Crippen LogP contribution in [0.2, 0.25) is 0 Å². The van der Waals surface area contributed by atoms with Crippen molar-refractivity contribution in [1.82, 2.24) is 4.98 Å². The number of hydrogen-bond donors (Lipinski definition) is 4. The molecule has 156 valence electrons. The molecule has 0 spiro atoms. The number of ether oxygens (including phenoxy) is 1. The topological polar surface area (TPSA) is 150 Å². The van der Waals surface area contributed by atoms with E-state index in [2.05, 4.69) is 4.98 Å². The van der Waals surface area contributed by atoms with Gasteiger partial charge in [0.2, 0.25) is 11.2 Å². The van der Waals surface area contributed by atoms with Gasteiger partial charge in [-0.25, -0.2) is 4.79 Å². The van der Waals surface area contributed by atoms with E-state index in [-0.39, 0.29) is 33.6 Å². The van der Waals surface area contributed by atoms with Crippen LogP contribution in [0.15, 0.2) is 57.9 Å². The van der Waals surface area contributed by atoms with Gasteiger partial charge >= 0.3 is 5.97 Å². The highest BCUT2D eigenvalue weighted by molar-refractivity contribution is 5.94. The third-order valence-corrected chi connectivity index (χ3v) is 4.50. The fourth-order valence-electron chi connectivity index (χ4n) is 2.96. The lowest BCUT2D eigenvalue weighted by Crippen LogP contribution is -2.16. The van der Waals surface area contributed by atoms with Crippen molar-refractivity contribution in [3.05, 3.63) is 70.1 Å². The van der Waals surface area contributed by atoms with Gasteiger partial charge in [-0.1, -0.05) is 0 Å². The number of aromatic hydroxyl groups is 4. The smallest absolute Gasteiger partial charge is 0.345 e. The Bertz CT molecular complexity index is 1390. The molecule has 2 heterocycles. The van der Waals surface area contributed by atoms with Crippen molar-refractivity contribution in [1.29, 1.82) is 0 Å². The fourth-order valence-corrected chi connectivity index (χ4v) is 2.96. The molecule has 0 saturated heterocycles. The number of nitrogens with zero attached hydrogens (tertiary/aromatic N) is 1. The summed E-state index contributed by atoms with van der Waals surface area (Å²) < 4.78 is 11.0. The lowest BCUT2D eigenvalue weighted by Gasteiger charge is -2.12. The molecule has 0 amide bonds. The SMILES string of the molecule is Cc1ccc(C(=O)Oc2c(-c3ccc(O)c(O)c3)oc3cc(O)cc(O)c3c2=O)cn1. The van der Waals surface area contributed by atoms with Gasteiger partial charge in [0.1, 0.15) is 22.5 Å². The molecule has 2 aromatic carbocycles. The molecule has 0 saturated carbocycles. The molecule has 4 aromatic rings. The van der Waals surface area contributed by atoms with Crippen LogP contribution < -0.4 is 10.2 Å². The summed E-state index contributed by atoms with van der Waals surface area (Å²) in [4.78, 5) is 29.8. The molecule has 9 nitrogen and oxygen atoms in total. The molecular formula is C22H15NO8. The maximum Gasteiger partial charge on any atom is 0.345 e. The number of pyridine rings is 1. The molecule has 0 aliphatic rings. The van der Waals surface area contributed by atoms with Crippen molar-refractivity contribution in [2.45, 2.75) is 6.92 Å². The molecule has 0 fully saturated rings. The third kappa shape index (κ3) is 3.60. The Labute approximate surface area is 174 Å². The first-order valence-corrected chi connectivity index (χ1v) is 8.94. The van der Waals surface area contributed by atoms with Crippen LogP contribution in [0.3, 0.4) is 0 Å². The zero-order valence-corrected chi connectivity index (χ0v) is 16.0. The Balaban J connectivity index is 1.95. The van der Waals surface area contributed by atoms with E-state index in [9.17, 15) is 30.0 Å². The minimum absolute atomic E-state index is 0.0690. The molecule has 0 bridgehead atoms. The standard InChI is InChI=1S/C22H15NO8/c1-10-2-3-12(9-23-10)22(29)31-21-19(28)18-16(27)7-13(24)8-17(18)30-20(21)11-4-5-14(25)15(26)6-11/h2-9,24-27H,1H3. The Hall–Kier alpha value is -4.53. The second-order valence-corrected chi connectivity index (χ2v) is 6.71. The van der Waals surface area contributed by atoms with Gasteiger partial charge in [-0.05, 0) is 37.3 Å². The number of fused-ring (bicyclic) bond motifs is 1. The quantitative estimate of drug-likeness (QED) is 0.289. The summed E-state index contributed by atoms with van der Waals surface area (Å²) in [5, 5.41) is 39.0. The van der Waals surface area contributed by atoms with Crippen molar-refractivity contribution in [3.8, 4) is 40.1 Å². The number of aromatic nitrogens is 1. The molecule has 31 heavy (non-hydrogen) atoms. The minimum Gasteiger partial charge on any atom is -0.508 e. The summed E-state index contributed by atoms with van der Waals surface area (Å²) in [5.41, 5.74) is -0.218. The zero-order valence-electron chi connectivity index (χ0n) is 16.0. The van der Waals surface area contributed by atoms with Gasteiger partial charge in [0, 0.05) is 29.6 Å². The van der Waals surface area contributed by atoms with Crippen LogP contribution in [-0.2, 0) is 0 Å². The number of carbonyl (C=O) groups excluding carboxylic acids is 1. The Morgan fingerprint density at radius 2 is 1.74 bits per heavy atom. The number of phenols is 4. The first-order chi connectivity index (χ1) is 14.7. The molecule has 0 aliphatic carbocycles. The third-order valence-electron chi connectivity index (χ3n) is 4.50. The van der Waals surface area contributed by atoms with Crippen molar-refractivity contribution in [3.63, 3.8) is 0 Å². The summed E-state index contributed by atoms with van der Waals surface area (Å²) >= 11 is 0. The summed E-state index contributed by atoms with van der Waals surface area (Å²) in [6.07, 6.45) is 1.28. The largest absolute Gasteiger partial charge is 0.508 e. The van der Waals surface area contributed by atoms with E-state index in [0.29, 0.717) is 5.69 Å². The first-order valence-electron chi connectivity index (χ1n) is 8.94. The lowest BCUT2D eigenvalue weighted by atomic mass is 10.1. The van der Waals surface area contributed by atoms with E-state index in [1.165, 1.54) is 18.3 Å². The van der Waals surface area contributed by atoms with E-state index < -0.39 is 34.4 Å². The van der Waals surface area contributed by atoms with Crippen LogP contribution >= 0.6 is 0 Å². The fraction of sp³-hybridized carbons (Fsp3) is 0.0455. The highest BCUT2D eigenvalue weighted by atomic mass is 16.5. The number of phenolic OH excluding ortho intramolecular Hbond substituents is 4. The maximum atomic E-state index is 13.1. The van der Waals surface area contributed by atoms with E-state index in [4.69, 9.17) is 9.15 Å². The van der Waals surface area contributed by atoms with Crippen molar-refractivity contribution < 1.29 is 34.4 Å². The normalized spacial score (nSPS) is 10.9. The van der Waals surface area contributed by atoms with Crippen LogP contribution in [-0.4, -0.2) is 31.4 Å². The van der Waals surface area contributed by atoms with E-state index in [1.54, 1.807) is 13.0 Å². The van der Waals surface area contributed by atoms with Gasteiger partial charge in [0.15, 0.2) is 17.3 Å². The maximum absolute atomic E-state index is 13.1. The molecule has 9 heteroatoms. The van der Waals surface area contributed by atoms with E-state index in [1.807, 2.05) is 0 Å². The van der Waals surface area contributed by atoms with Crippen LogP contribution in [0.1, 0.15) is 16.1 Å². The lowest BCUT2D eigenvalue weighted by molar-refractivity contribution is 0.0731. The van der Waals surface area contributed by atoms with Crippen LogP contribution in [0, 0.1) is 6.92 Å². The average Bonchev–Trinajstić information content (AvgIpc) is 2.71. The summed E-state index contributed by atoms with van der Waals surface area (Å²) in [6, 6.07) is 8.70. The van der Waals surface area contributed by atoms with Gasteiger partial charge in [-0.2, -0.15) is 0 Å². The monoisotopic (exact) mass is 421 g/mol. The molecular weight excluding hydrogens is 406 g/mol. The highest BCUT2D eigenvalue weighted by Gasteiger charge is 2.24. The van der Waals surface area contributed by atoms with Crippen LogP contribution in [0.4, 0.5) is 0 Å². The molecule has 0 atom stereocenters. The Kier molecular flexibility index (Phi) is 4.70. The van der Waals surface area contributed by atoms with Gasteiger partial charge in [-0.15, -0.1) is 0 Å². The second-order valence-electron chi connectivity index (χ2n) is 6.71. The molecule has 4 rings (SSSR count). The van der Waals surface area contributed by atoms with Gasteiger partial charge in [0.05, 0.1) is 5.56 Å². The van der Waals surface area contributed by atoms with Crippen molar-refractivity contribution >= 4 is 16.9 Å². The van der Waals surface area contributed by atoms with Gasteiger partial charge < -0.3 is 29.6 Å². The Morgan fingerprint density at radius 3 is 2.42 bits per heavy atom. The molecule has 0 aliphatic heterocycles. The summed E-state index contributed by atoms with van der Waals surface area (Å²) in [5.74, 6) is -3.55. The minimum atomic E-state index is -0.901.